The quantitative estimate of drug-likeness (QED) is 0.812. The van der Waals surface area contributed by atoms with Crippen molar-refractivity contribution in [1.82, 2.24) is 0 Å². The van der Waals surface area contributed by atoms with Crippen LogP contribution in [0.1, 0.15) is 0 Å². The Morgan fingerprint density at radius 1 is 1.00 bits per heavy atom. The van der Waals surface area contributed by atoms with E-state index >= 15 is 0 Å². The lowest BCUT2D eigenvalue weighted by atomic mass is 10.1. The van der Waals surface area contributed by atoms with E-state index in [4.69, 9.17) is 5.73 Å². The van der Waals surface area contributed by atoms with Crippen LogP contribution >= 0.6 is 0 Å². The summed E-state index contributed by atoms with van der Waals surface area (Å²) in [6.45, 7) is 1.27. The third-order valence-corrected chi connectivity index (χ3v) is 3.61. The molecule has 5 heteroatoms. The number of hydrogen-bond acceptors (Lipinski definition) is 3. The second-order valence-corrected chi connectivity index (χ2v) is 4.86. The average Bonchev–Trinajstić information content (AvgIpc) is 2.46. The number of nitrogens with zero attached hydrogens (tertiary/aromatic N) is 2. The molecule has 1 aliphatic rings. The van der Waals surface area contributed by atoms with Gasteiger partial charge in [-0.05, 0) is 24.3 Å². The van der Waals surface area contributed by atoms with Crippen LogP contribution in [0.5, 0.6) is 0 Å². The lowest BCUT2D eigenvalue weighted by Gasteiger charge is -2.37. The average molecular weight is 275 g/mol. The summed E-state index contributed by atoms with van der Waals surface area (Å²) >= 11 is 0. The van der Waals surface area contributed by atoms with E-state index in [1.807, 2.05) is 31.3 Å². The van der Waals surface area contributed by atoms with Gasteiger partial charge in [0.2, 0.25) is 0 Å². The Morgan fingerprint density at radius 3 is 2.45 bits per heavy atom. The largest absolute Gasteiger partial charge is 0.397 e. The predicted molar refractivity (Wildman–Crippen MR) is 77.5 cm³/mol. The van der Waals surface area contributed by atoms with Crippen LogP contribution in [0.3, 0.4) is 0 Å². The molecular weight excluding hydrogens is 260 g/mol. The van der Waals surface area contributed by atoms with Crippen molar-refractivity contribution in [3.05, 3.63) is 48.0 Å². The van der Waals surface area contributed by atoms with E-state index < -0.39 is 11.6 Å². The van der Waals surface area contributed by atoms with Crippen molar-refractivity contribution in [2.45, 2.75) is 0 Å². The highest BCUT2D eigenvalue weighted by Gasteiger charge is 2.26. The number of rotatable bonds is 1. The first-order chi connectivity index (χ1) is 9.59. The van der Waals surface area contributed by atoms with Crippen LogP contribution < -0.4 is 15.5 Å². The third-order valence-electron chi connectivity index (χ3n) is 3.61. The Hall–Kier alpha value is -2.30. The normalized spacial score (nSPS) is 14.3. The summed E-state index contributed by atoms with van der Waals surface area (Å²) in [4.78, 5) is 3.82. The van der Waals surface area contributed by atoms with E-state index in [1.165, 1.54) is 6.07 Å². The zero-order chi connectivity index (χ0) is 14.3. The minimum atomic E-state index is -0.899. The molecule has 0 aliphatic carbocycles. The van der Waals surface area contributed by atoms with Crippen molar-refractivity contribution in [1.29, 1.82) is 0 Å². The van der Waals surface area contributed by atoms with Crippen LogP contribution in [-0.4, -0.2) is 20.1 Å². The number of nitrogen functional groups attached to an aromatic ring is 1. The first kappa shape index (κ1) is 12.7. The molecular formula is C15H15F2N3. The molecule has 0 radical (unpaired) electrons. The molecule has 0 spiro atoms. The topological polar surface area (TPSA) is 32.5 Å². The van der Waals surface area contributed by atoms with Gasteiger partial charge in [0.25, 0.3) is 0 Å². The van der Waals surface area contributed by atoms with E-state index in [0.717, 1.165) is 17.4 Å². The Morgan fingerprint density at radius 2 is 1.70 bits per heavy atom. The second kappa shape index (κ2) is 4.67. The highest BCUT2D eigenvalue weighted by atomic mass is 19.2. The van der Waals surface area contributed by atoms with E-state index in [-0.39, 0.29) is 11.4 Å². The fourth-order valence-corrected chi connectivity index (χ4v) is 2.57. The van der Waals surface area contributed by atoms with Crippen LogP contribution in [0.4, 0.5) is 31.5 Å². The van der Waals surface area contributed by atoms with Gasteiger partial charge in [0.05, 0.1) is 17.1 Å². The first-order valence-corrected chi connectivity index (χ1v) is 6.41. The molecule has 20 heavy (non-hydrogen) atoms. The molecule has 2 aromatic carbocycles. The molecule has 0 amide bonds. The number of hydrogen-bond donors (Lipinski definition) is 1. The molecule has 2 aromatic rings. The highest BCUT2D eigenvalue weighted by Crippen LogP contribution is 2.40. The van der Waals surface area contributed by atoms with Crippen LogP contribution in [0.25, 0.3) is 0 Å². The maximum Gasteiger partial charge on any atom is 0.184 e. The van der Waals surface area contributed by atoms with Gasteiger partial charge in [-0.1, -0.05) is 12.1 Å². The Bertz CT molecular complexity index is 658. The van der Waals surface area contributed by atoms with E-state index in [1.54, 1.807) is 4.90 Å². The number of nitrogens with two attached hydrogens (primary N) is 1. The Balaban J connectivity index is 2.18. The van der Waals surface area contributed by atoms with E-state index in [9.17, 15) is 8.78 Å². The van der Waals surface area contributed by atoms with Gasteiger partial charge in [0.15, 0.2) is 11.6 Å². The number of fused-ring (bicyclic) bond motifs is 1. The minimum absolute atomic E-state index is 0.116. The predicted octanol–water partition coefficient (Wildman–Crippen LogP) is 3.13. The van der Waals surface area contributed by atoms with Crippen LogP contribution in [-0.2, 0) is 0 Å². The Labute approximate surface area is 116 Å². The summed E-state index contributed by atoms with van der Waals surface area (Å²) in [7, 11) is 1.97. The summed E-state index contributed by atoms with van der Waals surface area (Å²) in [5, 5.41) is 0. The summed E-state index contributed by atoms with van der Waals surface area (Å²) in [6.07, 6.45) is 0. The number of halogens is 2. The summed E-state index contributed by atoms with van der Waals surface area (Å²) in [5.41, 5.74) is 8.01. The van der Waals surface area contributed by atoms with Crippen LogP contribution in [0.2, 0.25) is 0 Å². The summed E-state index contributed by atoms with van der Waals surface area (Å²) in [6, 6.07) is 10.1. The van der Waals surface area contributed by atoms with Gasteiger partial charge in [-0.2, -0.15) is 0 Å². The van der Waals surface area contributed by atoms with Gasteiger partial charge in [0, 0.05) is 20.1 Å². The minimum Gasteiger partial charge on any atom is -0.397 e. The van der Waals surface area contributed by atoms with Crippen LogP contribution in [0, 0.1) is 11.6 Å². The van der Waals surface area contributed by atoms with Gasteiger partial charge < -0.3 is 15.5 Å². The monoisotopic (exact) mass is 275 g/mol. The third kappa shape index (κ3) is 1.86. The van der Waals surface area contributed by atoms with Gasteiger partial charge >= 0.3 is 0 Å². The van der Waals surface area contributed by atoms with Crippen molar-refractivity contribution >= 4 is 22.7 Å². The number of anilines is 4. The fraction of sp³-hybridized carbons (Fsp3) is 0.200. The summed E-state index contributed by atoms with van der Waals surface area (Å²) < 4.78 is 27.6. The molecule has 0 aromatic heterocycles. The molecule has 2 N–H and O–H groups in total. The number of likely N-dealkylation sites (N-methyl/N-ethyl adjacent to an activating group) is 1. The fourth-order valence-electron chi connectivity index (χ4n) is 2.57. The Kier molecular flexibility index (Phi) is 2.97. The molecule has 0 bridgehead atoms. The van der Waals surface area contributed by atoms with E-state index in [0.29, 0.717) is 13.1 Å². The molecule has 0 atom stereocenters. The smallest absolute Gasteiger partial charge is 0.184 e. The molecule has 0 saturated heterocycles. The molecule has 104 valence electrons. The van der Waals surface area contributed by atoms with Crippen molar-refractivity contribution in [3.8, 4) is 0 Å². The molecule has 1 aliphatic heterocycles. The zero-order valence-corrected chi connectivity index (χ0v) is 11.1. The lowest BCUT2D eigenvalue weighted by Crippen LogP contribution is -2.37. The molecule has 1 heterocycles. The lowest BCUT2D eigenvalue weighted by molar-refractivity contribution is 0.509. The molecule has 0 saturated carbocycles. The number of benzene rings is 2. The first-order valence-electron chi connectivity index (χ1n) is 6.41. The maximum absolute atomic E-state index is 14.1. The van der Waals surface area contributed by atoms with Gasteiger partial charge in [0.1, 0.15) is 5.69 Å². The van der Waals surface area contributed by atoms with E-state index in [2.05, 4.69) is 4.90 Å². The summed E-state index contributed by atoms with van der Waals surface area (Å²) in [5.74, 6) is -1.78. The van der Waals surface area contributed by atoms with Crippen molar-refractivity contribution in [2.75, 3.05) is 35.7 Å². The zero-order valence-electron chi connectivity index (χ0n) is 11.1. The molecule has 3 nitrogen and oxygen atoms in total. The highest BCUT2D eigenvalue weighted by molar-refractivity contribution is 5.84. The van der Waals surface area contributed by atoms with Crippen molar-refractivity contribution < 1.29 is 8.78 Å². The SMILES string of the molecule is CN1CCN(c2c(N)ccc(F)c2F)c2ccccc21. The molecule has 0 fully saturated rings. The van der Waals surface area contributed by atoms with Gasteiger partial charge in [-0.25, -0.2) is 8.78 Å². The van der Waals surface area contributed by atoms with Crippen molar-refractivity contribution in [2.24, 2.45) is 0 Å². The van der Waals surface area contributed by atoms with Gasteiger partial charge in [-0.3, -0.25) is 0 Å². The molecule has 0 unspecified atom stereocenters. The van der Waals surface area contributed by atoms with Gasteiger partial charge in [-0.15, -0.1) is 0 Å². The van der Waals surface area contributed by atoms with Crippen molar-refractivity contribution in [3.63, 3.8) is 0 Å². The number of para-hydroxylation sites is 2. The second-order valence-electron chi connectivity index (χ2n) is 4.86. The molecule has 3 rings (SSSR count). The maximum atomic E-state index is 14.1. The van der Waals surface area contributed by atoms with Crippen LogP contribution in [0.15, 0.2) is 36.4 Å². The standard InChI is InChI=1S/C15H15F2N3/c1-19-8-9-20(13-5-3-2-4-12(13)19)15-11(18)7-6-10(16)14(15)17/h2-7H,8-9,18H2,1H3.